The highest BCUT2D eigenvalue weighted by atomic mass is 31.2. The highest BCUT2D eigenvalue weighted by molar-refractivity contribution is 7.45. The normalized spacial score (nSPS) is 14.3. The van der Waals surface area contributed by atoms with Crippen LogP contribution in [0.3, 0.4) is 0 Å². The van der Waals surface area contributed by atoms with Gasteiger partial charge in [0.15, 0.2) is 0 Å². The largest absolute Gasteiger partial charge is 0.756 e. The van der Waals surface area contributed by atoms with Crippen LogP contribution in [0.5, 0.6) is 0 Å². The van der Waals surface area contributed by atoms with Gasteiger partial charge in [0.25, 0.3) is 7.82 Å². The molecule has 0 aliphatic heterocycles. The molecule has 2 N–H and O–H groups in total. The van der Waals surface area contributed by atoms with Crippen molar-refractivity contribution in [2.75, 3.05) is 40.9 Å². The van der Waals surface area contributed by atoms with Crippen molar-refractivity contribution in [2.24, 2.45) is 0 Å². The fourth-order valence-corrected chi connectivity index (χ4v) is 9.18. The van der Waals surface area contributed by atoms with Crippen LogP contribution in [0.4, 0.5) is 0 Å². The van der Waals surface area contributed by atoms with Gasteiger partial charge in [-0.15, -0.1) is 0 Å². The van der Waals surface area contributed by atoms with Gasteiger partial charge in [-0.05, 0) is 57.8 Å². The van der Waals surface area contributed by atoms with E-state index in [2.05, 4.69) is 55.6 Å². The molecule has 0 saturated heterocycles. The number of nitrogens with zero attached hydrogens (tertiary/aromatic N) is 1. The first-order valence-corrected chi connectivity index (χ1v) is 30.5. The molecule has 0 aromatic carbocycles. The summed E-state index contributed by atoms with van der Waals surface area (Å²) in [6.07, 6.45) is 66.2. The minimum absolute atomic E-state index is 0.000465. The standard InChI is InChI=1S/C59H113N2O6P/c1-6-8-10-12-14-16-18-20-21-22-23-24-25-26-27-28-29-30-31-32-33-34-35-36-37-38-39-41-43-45-47-49-51-53-59(63)60-57(56-67-68(64,65)66-55-54-61(3,4)5)58(62)52-50-48-46-44-42-40-19-17-15-13-11-9-7-2/h18,20,22-23,25-26,50,52,57-58,62H,6-17,19,21,24,27-49,51,53-56H2,1-5H3,(H-,60,63,64,65)/b20-18-,23-22-,26-25-,52-50+. The van der Waals surface area contributed by atoms with E-state index in [1.54, 1.807) is 6.08 Å². The molecule has 0 aromatic rings. The molecule has 0 aliphatic rings. The third kappa shape index (κ3) is 52.3. The molecule has 0 fully saturated rings. The van der Waals surface area contributed by atoms with Gasteiger partial charge in [0.2, 0.25) is 5.91 Å². The Labute approximate surface area is 422 Å². The molecular weight excluding hydrogens is 864 g/mol. The number of carbonyl (C=O) groups excluding carboxylic acids is 1. The molecule has 9 heteroatoms. The lowest BCUT2D eigenvalue weighted by molar-refractivity contribution is -0.870. The van der Waals surface area contributed by atoms with Crippen LogP contribution < -0.4 is 10.2 Å². The summed E-state index contributed by atoms with van der Waals surface area (Å²) in [6.45, 7) is 4.65. The van der Waals surface area contributed by atoms with Gasteiger partial charge in [0.1, 0.15) is 13.2 Å². The van der Waals surface area contributed by atoms with Gasteiger partial charge in [-0.1, -0.05) is 255 Å². The van der Waals surface area contributed by atoms with E-state index >= 15 is 0 Å². The number of phosphoric ester groups is 1. The first kappa shape index (κ1) is 66.5. The summed E-state index contributed by atoms with van der Waals surface area (Å²) in [5, 5.41) is 13.8. The van der Waals surface area contributed by atoms with Gasteiger partial charge < -0.3 is 28.8 Å². The van der Waals surface area contributed by atoms with Crippen molar-refractivity contribution in [2.45, 2.75) is 283 Å². The number of aliphatic hydroxyl groups is 1. The smallest absolute Gasteiger partial charge is 0.268 e. The molecule has 0 spiro atoms. The van der Waals surface area contributed by atoms with Crippen LogP contribution in [0, 0.1) is 0 Å². The number of hydrogen-bond donors (Lipinski definition) is 2. The van der Waals surface area contributed by atoms with Crippen LogP contribution in [0.2, 0.25) is 0 Å². The fourth-order valence-electron chi connectivity index (χ4n) is 8.46. The summed E-state index contributed by atoms with van der Waals surface area (Å²) in [5.41, 5.74) is 0. The second kappa shape index (κ2) is 50.4. The van der Waals surface area contributed by atoms with Gasteiger partial charge in [0.05, 0.1) is 39.9 Å². The minimum Gasteiger partial charge on any atom is -0.756 e. The number of unbranched alkanes of at least 4 members (excludes halogenated alkanes) is 34. The maximum Gasteiger partial charge on any atom is 0.268 e. The molecule has 0 aromatic heterocycles. The summed E-state index contributed by atoms with van der Waals surface area (Å²) < 4.78 is 23.3. The van der Waals surface area contributed by atoms with E-state index in [0.29, 0.717) is 17.4 Å². The number of amides is 1. The predicted octanol–water partition coefficient (Wildman–Crippen LogP) is 16.9. The Morgan fingerprint density at radius 2 is 0.853 bits per heavy atom. The second-order valence-electron chi connectivity index (χ2n) is 21.0. The van der Waals surface area contributed by atoms with E-state index in [1.165, 1.54) is 199 Å². The third-order valence-corrected chi connectivity index (χ3v) is 14.0. The van der Waals surface area contributed by atoms with Gasteiger partial charge in [-0.2, -0.15) is 0 Å². The number of likely N-dealkylation sites (N-methyl/N-ethyl adjacent to an activating group) is 1. The van der Waals surface area contributed by atoms with Crippen LogP contribution in [0.25, 0.3) is 0 Å². The molecular formula is C59H113N2O6P. The van der Waals surface area contributed by atoms with Crippen molar-refractivity contribution < 1.29 is 32.9 Å². The van der Waals surface area contributed by atoms with Crippen LogP contribution in [0.1, 0.15) is 271 Å². The number of aliphatic hydroxyl groups excluding tert-OH is 1. The van der Waals surface area contributed by atoms with Gasteiger partial charge in [-0.25, -0.2) is 0 Å². The number of quaternary nitrogens is 1. The van der Waals surface area contributed by atoms with Crippen LogP contribution in [-0.4, -0.2) is 68.5 Å². The zero-order valence-corrected chi connectivity index (χ0v) is 46.5. The van der Waals surface area contributed by atoms with E-state index in [4.69, 9.17) is 9.05 Å². The lowest BCUT2D eigenvalue weighted by Crippen LogP contribution is -2.45. The van der Waals surface area contributed by atoms with Crippen molar-refractivity contribution in [3.8, 4) is 0 Å². The van der Waals surface area contributed by atoms with Gasteiger partial charge in [0, 0.05) is 6.42 Å². The number of rotatable bonds is 53. The Bertz CT molecular complexity index is 1250. The Kier molecular flexibility index (Phi) is 49.3. The molecule has 3 atom stereocenters. The Hall–Kier alpha value is -1.54. The average Bonchev–Trinajstić information content (AvgIpc) is 3.30. The van der Waals surface area contributed by atoms with Crippen LogP contribution in [0.15, 0.2) is 48.6 Å². The molecule has 1 amide bonds. The quantitative estimate of drug-likeness (QED) is 0.0272. The van der Waals surface area contributed by atoms with Crippen LogP contribution >= 0.6 is 7.82 Å². The fraction of sp³-hybridized carbons (Fsp3) is 0.847. The zero-order chi connectivity index (χ0) is 49.9. The summed E-state index contributed by atoms with van der Waals surface area (Å²) >= 11 is 0. The third-order valence-electron chi connectivity index (χ3n) is 13.0. The highest BCUT2D eigenvalue weighted by Crippen LogP contribution is 2.38. The molecule has 0 bridgehead atoms. The first-order chi connectivity index (χ1) is 33.0. The maximum atomic E-state index is 12.9. The van der Waals surface area contributed by atoms with Gasteiger partial charge >= 0.3 is 0 Å². The van der Waals surface area contributed by atoms with Crippen LogP contribution in [-0.2, 0) is 18.4 Å². The Morgan fingerprint density at radius 1 is 0.515 bits per heavy atom. The summed E-state index contributed by atoms with van der Waals surface area (Å²) in [5.74, 6) is -0.196. The van der Waals surface area contributed by atoms with E-state index in [0.717, 1.165) is 51.4 Å². The average molecular weight is 978 g/mol. The summed E-state index contributed by atoms with van der Waals surface area (Å²) in [6, 6.07) is -0.885. The van der Waals surface area contributed by atoms with Crippen molar-refractivity contribution in [1.82, 2.24) is 5.32 Å². The highest BCUT2D eigenvalue weighted by Gasteiger charge is 2.23. The van der Waals surface area contributed by atoms with E-state index in [1.807, 2.05) is 27.2 Å². The SMILES string of the molecule is CCCCCCC/C=C\C/C=C\C/C=C\CCCCCCCCCCCCCCCCCCCCC(=O)NC(COP(=O)([O-])OCC[N+](C)(C)C)C(O)/C=C/CCCCCCCCCCCCC. The number of hydrogen-bond acceptors (Lipinski definition) is 6. The number of nitrogens with one attached hydrogen (secondary N) is 1. The zero-order valence-electron chi connectivity index (χ0n) is 45.6. The minimum atomic E-state index is -4.59. The maximum absolute atomic E-state index is 12.9. The lowest BCUT2D eigenvalue weighted by Gasteiger charge is -2.29. The van der Waals surface area contributed by atoms with Crippen molar-refractivity contribution >= 4 is 13.7 Å². The molecule has 0 rings (SSSR count). The van der Waals surface area contributed by atoms with Gasteiger partial charge in [-0.3, -0.25) is 9.36 Å². The molecule has 0 radical (unpaired) electrons. The molecule has 400 valence electrons. The lowest BCUT2D eigenvalue weighted by atomic mass is 10.0. The van der Waals surface area contributed by atoms with E-state index in [9.17, 15) is 19.4 Å². The first-order valence-electron chi connectivity index (χ1n) is 29.0. The molecule has 0 saturated carbocycles. The number of carbonyl (C=O) groups is 1. The molecule has 68 heavy (non-hydrogen) atoms. The van der Waals surface area contributed by atoms with Crippen molar-refractivity contribution in [1.29, 1.82) is 0 Å². The predicted molar refractivity (Wildman–Crippen MR) is 293 cm³/mol. The van der Waals surface area contributed by atoms with Crippen molar-refractivity contribution in [3.63, 3.8) is 0 Å². The number of phosphoric acid groups is 1. The molecule has 3 unspecified atom stereocenters. The van der Waals surface area contributed by atoms with Crippen molar-refractivity contribution in [3.05, 3.63) is 48.6 Å². The Morgan fingerprint density at radius 3 is 1.24 bits per heavy atom. The molecule has 8 nitrogen and oxygen atoms in total. The summed E-state index contributed by atoms with van der Waals surface area (Å²) in [4.78, 5) is 25.4. The topological polar surface area (TPSA) is 108 Å². The summed E-state index contributed by atoms with van der Waals surface area (Å²) in [7, 11) is 1.27. The number of allylic oxidation sites excluding steroid dienone is 7. The molecule has 0 aliphatic carbocycles. The second-order valence-corrected chi connectivity index (χ2v) is 22.4. The van der Waals surface area contributed by atoms with E-state index in [-0.39, 0.29) is 19.1 Å². The Balaban J connectivity index is 4.02. The monoisotopic (exact) mass is 977 g/mol. The van der Waals surface area contributed by atoms with E-state index < -0.39 is 20.0 Å². The molecule has 0 heterocycles.